The quantitative estimate of drug-likeness (QED) is 0.790. The van der Waals surface area contributed by atoms with Gasteiger partial charge in [0.1, 0.15) is 6.42 Å². The van der Waals surface area contributed by atoms with Gasteiger partial charge >= 0.3 is 5.97 Å². The van der Waals surface area contributed by atoms with Crippen LogP contribution in [0.15, 0.2) is 24.3 Å². The van der Waals surface area contributed by atoms with Gasteiger partial charge < -0.3 is 20.1 Å². The number of rotatable bonds is 5. The molecule has 2 amide bonds. The van der Waals surface area contributed by atoms with Gasteiger partial charge in [0.2, 0.25) is 11.8 Å². The van der Waals surface area contributed by atoms with Crippen LogP contribution in [0.3, 0.4) is 0 Å². The van der Waals surface area contributed by atoms with Crippen LogP contribution in [0.1, 0.15) is 18.4 Å². The molecular weight excluding hydrogens is 300 g/mol. The molecule has 1 saturated heterocycles. The number of carboxylic acids is 1. The van der Waals surface area contributed by atoms with E-state index in [0.717, 1.165) is 5.56 Å². The number of hydrogen-bond acceptors (Lipinski definition) is 4. The molecule has 1 aliphatic rings. The first-order chi connectivity index (χ1) is 11.0. The van der Waals surface area contributed by atoms with Crippen LogP contribution >= 0.6 is 0 Å². The predicted octanol–water partition coefficient (Wildman–Crippen LogP) is 1.03. The number of carboxylic acid groups (broad SMARTS) is 1. The van der Waals surface area contributed by atoms with E-state index in [1.165, 1.54) is 4.90 Å². The molecule has 2 rings (SSSR count). The van der Waals surface area contributed by atoms with Crippen LogP contribution < -0.4 is 5.32 Å². The number of nitrogens with one attached hydrogen (secondary N) is 1. The molecule has 23 heavy (non-hydrogen) atoms. The van der Waals surface area contributed by atoms with Crippen molar-refractivity contribution < 1.29 is 24.2 Å². The van der Waals surface area contributed by atoms with Crippen molar-refractivity contribution in [3.8, 4) is 0 Å². The number of aryl methyl sites for hydroxylation is 1. The van der Waals surface area contributed by atoms with Gasteiger partial charge in [-0.05, 0) is 18.6 Å². The molecule has 7 nitrogen and oxygen atoms in total. The lowest BCUT2D eigenvalue weighted by Crippen LogP contribution is -2.50. The fraction of sp³-hybridized carbons (Fsp3) is 0.438. The third-order valence-electron chi connectivity index (χ3n) is 3.69. The highest BCUT2D eigenvalue weighted by Gasteiger charge is 2.30. The lowest BCUT2D eigenvalue weighted by Gasteiger charge is -2.34. The number of amides is 2. The smallest absolute Gasteiger partial charge is 0.305 e. The molecule has 0 saturated carbocycles. The number of aliphatic carboxylic acids is 1. The van der Waals surface area contributed by atoms with Crippen LogP contribution in [-0.2, 0) is 19.1 Å². The number of hydrogen-bond donors (Lipinski definition) is 2. The average Bonchev–Trinajstić information content (AvgIpc) is 2.49. The minimum atomic E-state index is -0.998. The van der Waals surface area contributed by atoms with Crippen molar-refractivity contribution in [2.45, 2.75) is 25.8 Å². The van der Waals surface area contributed by atoms with Gasteiger partial charge in [-0.3, -0.25) is 14.4 Å². The standard InChI is InChI=1S/C16H20N2O5/c1-11-4-2-3-5-13(11)17-14(19)9-15(20)18-6-7-23-10-12(18)8-16(21)22/h2-5,12H,6-10H2,1H3,(H,17,19)(H,21,22)/t12-/m0/s1. The summed E-state index contributed by atoms with van der Waals surface area (Å²) >= 11 is 0. The normalized spacial score (nSPS) is 17.6. The van der Waals surface area contributed by atoms with Crippen molar-refractivity contribution in [1.29, 1.82) is 0 Å². The highest BCUT2D eigenvalue weighted by Crippen LogP contribution is 2.15. The SMILES string of the molecule is Cc1ccccc1NC(=O)CC(=O)N1CCOC[C@@H]1CC(=O)O. The summed E-state index contributed by atoms with van der Waals surface area (Å²) in [4.78, 5) is 36.6. The Hall–Kier alpha value is -2.41. The first-order valence-electron chi connectivity index (χ1n) is 7.42. The van der Waals surface area contributed by atoms with Crippen molar-refractivity contribution >= 4 is 23.5 Å². The summed E-state index contributed by atoms with van der Waals surface area (Å²) in [6, 6.07) is 6.76. The number of para-hydroxylation sites is 1. The number of nitrogens with zero attached hydrogens (tertiary/aromatic N) is 1. The first-order valence-corrected chi connectivity index (χ1v) is 7.42. The van der Waals surface area contributed by atoms with Crippen LogP contribution in [0, 0.1) is 6.92 Å². The van der Waals surface area contributed by atoms with Gasteiger partial charge in [-0.1, -0.05) is 18.2 Å². The Bertz CT molecular complexity index is 602. The van der Waals surface area contributed by atoms with Crippen LogP contribution in [-0.4, -0.2) is 53.6 Å². The van der Waals surface area contributed by atoms with Gasteiger partial charge in [-0.15, -0.1) is 0 Å². The number of carbonyl (C=O) groups excluding carboxylic acids is 2. The van der Waals surface area contributed by atoms with Gasteiger partial charge in [0.15, 0.2) is 0 Å². The van der Waals surface area contributed by atoms with E-state index in [1.54, 1.807) is 12.1 Å². The highest BCUT2D eigenvalue weighted by molar-refractivity contribution is 6.04. The summed E-state index contributed by atoms with van der Waals surface area (Å²) in [5, 5.41) is 11.6. The molecule has 1 fully saturated rings. The first kappa shape index (κ1) is 17.0. The van der Waals surface area contributed by atoms with Crippen molar-refractivity contribution in [1.82, 2.24) is 4.90 Å². The van der Waals surface area contributed by atoms with Crippen molar-refractivity contribution in [2.24, 2.45) is 0 Å². The molecule has 1 atom stereocenters. The van der Waals surface area contributed by atoms with E-state index >= 15 is 0 Å². The summed E-state index contributed by atoms with van der Waals surface area (Å²) in [5.41, 5.74) is 1.57. The number of carbonyl (C=O) groups is 3. The van der Waals surface area contributed by atoms with E-state index in [-0.39, 0.29) is 25.4 Å². The van der Waals surface area contributed by atoms with E-state index in [1.807, 2.05) is 19.1 Å². The summed E-state index contributed by atoms with van der Waals surface area (Å²) in [6.07, 6.45) is -0.504. The zero-order valence-corrected chi connectivity index (χ0v) is 12.9. The molecule has 0 spiro atoms. The summed E-state index contributed by atoms with van der Waals surface area (Å²) in [6.45, 7) is 2.69. The molecule has 2 N–H and O–H groups in total. The van der Waals surface area contributed by atoms with E-state index in [9.17, 15) is 14.4 Å². The Labute approximate surface area is 134 Å². The molecule has 1 aromatic rings. The lowest BCUT2D eigenvalue weighted by atomic mass is 10.1. The molecule has 1 aromatic carbocycles. The molecule has 0 aromatic heterocycles. The molecule has 124 valence electrons. The second-order valence-electron chi connectivity index (χ2n) is 5.45. The molecule has 0 unspecified atom stereocenters. The number of benzene rings is 1. The topological polar surface area (TPSA) is 95.9 Å². The Morgan fingerprint density at radius 1 is 1.35 bits per heavy atom. The Balaban J connectivity index is 1.95. The minimum Gasteiger partial charge on any atom is -0.481 e. The molecule has 7 heteroatoms. The fourth-order valence-corrected chi connectivity index (χ4v) is 2.50. The molecule has 0 radical (unpaired) electrons. The maximum Gasteiger partial charge on any atom is 0.305 e. The Kier molecular flexibility index (Phi) is 5.70. The van der Waals surface area contributed by atoms with Crippen molar-refractivity contribution in [3.05, 3.63) is 29.8 Å². The summed E-state index contributed by atoms with van der Waals surface area (Å²) in [5.74, 6) is -1.79. The summed E-state index contributed by atoms with van der Waals surface area (Å²) < 4.78 is 5.22. The lowest BCUT2D eigenvalue weighted by molar-refractivity contribution is -0.147. The average molecular weight is 320 g/mol. The van der Waals surface area contributed by atoms with E-state index in [4.69, 9.17) is 9.84 Å². The van der Waals surface area contributed by atoms with Gasteiger partial charge in [-0.25, -0.2) is 0 Å². The van der Waals surface area contributed by atoms with Crippen molar-refractivity contribution in [2.75, 3.05) is 25.1 Å². The van der Waals surface area contributed by atoms with Gasteiger partial charge in [0, 0.05) is 12.2 Å². The number of morpholine rings is 1. The zero-order valence-electron chi connectivity index (χ0n) is 12.9. The Morgan fingerprint density at radius 3 is 2.78 bits per heavy atom. The van der Waals surface area contributed by atoms with E-state index in [2.05, 4.69) is 5.32 Å². The maximum absolute atomic E-state index is 12.3. The second-order valence-corrected chi connectivity index (χ2v) is 5.45. The van der Waals surface area contributed by atoms with Gasteiger partial charge in [-0.2, -0.15) is 0 Å². The molecule has 0 bridgehead atoms. The van der Waals surface area contributed by atoms with Crippen LogP contribution in [0.25, 0.3) is 0 Å². The molecule has 1 heterocycles. The zero-order chi connectivity index (χ0) is 16.8. The highest BCUT2D eigenvalue weighted by atomic mass is 16.5. The molecular formula is C16H20N2O5. The number of anilines is 1. The largest absolute Gasteiger partial charge is 0.481 e. The second kappa shape index (κ2) is 7.73. The summed E-state index contributed by atoms with van der Waals surface area (Å²) in [7, 11) is 0. The van der Waals surface area contributed by atoms with E-state index in [0.29, 0.717) is 18.8 Å². The molecule has 1 aliphatic heterocycles. The van der Waals surface area contributed by atoms with Crippen LogP contribution in [0.5, 0.6) is 0 Å². The number of ether oxygens (including phenoxy) is 1. The third-order valence-corrected chi connectivity index (χ3v) is 3.69. The maximum atomic E-state index is 12.3. The van der Waals surface area contributed by atoms with Crippen LogP contribution in [0.2, 0.25) is 0 Å². The monoisotopic (exact) mass is 320 g/mol. The predicted molar refractivity (Wildman–Crippen MR) is 83.0 cm³/mol. The Morgan fingerprint density at radius 2 is 2.09 bits per heavy atom. The van der Waals surface area contributed by atoms with Gasteiger partial charge in [0.05, 0.1) is 25.7 Å². The van der Waals surface area contributed by atoms with E-state index < -0.39 is 17.9 Å². The van der Waals surface area contributed by atoms with Gasteiger partial charge in [0.25, 0.3) is 0 Å². The minimum absolute atomic E-state index is 0.178. The third kappa shape index (κ3) is 4.79. The van der Waals surface area contributed by atoms with Crippen molar-refractivity contribution in [3.63, 3.8) is 0 Å². The molecule has 0 aliphatic carbocycles. The van der Waals surface area contributed by atoms with Crippen LogP contribution in [0.4, 0.5) is 5.69 Å². The fourth-order valence-electron chi connectivity index (χ4n) is 2.50.